The average Bonchev–Trinajstić information content (AvgIpc) is 2.49. The summed E-state index contributed by atoms with van der Waals surface area (Å²) in [5.74, 6) is -0.00767. The average molecular weight is 350 g/mol. The van der Waals surface area contributed by atoms with Crippen LogP contribution in [0.25, 0.3) is 0 Å². The number of hydrogen-bond donors (Lipinski definition) is 1. The number of carbonyl (C=O) groups excluding carboxylic acids is 1. The maximum atomic E-state index is 12.2. The Morgan fingerprint density at radius 3 is 2.35 bits per heavy atom. The molecule has 1 amide bonds. The third-order valence-electron chi connectivity index (χ3n) is 4.07. The molecule has 0 saturated heterocycles. The first-order valence-corrected chi connectivity index (χ1v) is 8.43. The summed E-state index contributed by atoms with van der Waals surface area (Å²) in [5.41, 5.74) is 4.41. The van der Waals surface area contributed by atoms with Gasteiger partial charge >= 0.3 is 0 Å². The monoisotopic (exact) mass is 349 g/mol. The molecule has 2 aromatic carbocycles. The van der Waals surface area contributed by atoms with Crippen molar-refractivity contribution in [1.82, 2.24) is 5.32 Å². The van der Waals surface area contributed by atoms with Gasteiger partial charge in [-0.2, -0.15) is 0 Å². The van der Waals surface area contributed by atoms with Crippen molar-refractivity contribution in [3.63, 3.8) is 0 Å². The second-order valence-electron chi connectivity index (χ2n) is 5.83. The van der Waals surface area contributed by atoms with Gasteiger partial charge in [-0.3, -0.25) is 4.79 Å². The third-order valence-corrected chi connectivity index (χ3v) is 4.78. The minimum absolute atomic E-state index is 0.00767. The molecule has 1 atom stereocenters. The number of hydrogen-bond acceptors (Lipinski definition) is 1. The number of rotatable bonds is 5. The summed E-state index contributed by atoms with van der Waals surface area (Å²) in [4.78, 5) is 12.2. The summed E-state index contributed by atoms with van der Waals surface area (Å²) in [5, 5.41) is 4.24. The van der Waals surface area contributed by atoms with E-state index in [0.29, 0.717) is 22.9 Å². The second kappa shape index (κ2) is 7.85. The van der Waals surface area contributed by atoms with E-state index in [1.165, 1.54) is 11.1 Å². The van der Waals surface area contributed by atoms with Crippen molar-refractivity contribution in [2.24, 2.45) is 0 Å². The Morgan fingerprint density at radius 1 is 1.09 bits per heavy atom. The Hall–Kier alpha value is -1.51. The highest BCUT2D eigenvalue weighted by Gasteiger charge is 2.12. The Bertz CT molecular complexity index is 692. The summed E-state index contributed by atoms with van der Waals surface area (Å²) < 4.78 is 0. The molecule has 0 saturated carbocycles. The topological polar surface area (TPSA) is 29.1 Å². The molecule has 0 fully saturated rings. The summed E-state index contributed by atoms with van der Waals surface area (Å²) in [6.45, 7) is 6.15. The van der Waals surface area contributed by atoms with Crippen LogP contribution in [0.5, 0.6) is 0 Å². The largest absolute Gasteiger partial charge is 0.350 e. The predicted octanol–water partition coefficient (Wildman–Crippen LogP) is 5.42. The fourth-order valence-corrected chi connectivity index (χ4v) is 3.03. The molecular weight excluding hydrogens is 329 g/mol. The van der Waals surface area contributed by atoms with Crippen LogP contribution in [0, 0.1) is 13.8 Å². The van der Waals surface area contributed by atoms with Crippen molar-refractivity contribution in [1.29, 1.82) is 0 Å². The van der Waals surface area contributed by atoms with Gasteiger partial charge in [-0.25, -0.2) is 0 Å². The lowest BCUT2D eigenvalue weighted by atomic mass is 10.0. The molecule has 2 rings (SSSR count). The number of aryl methyl sites for hydroxylation is 2. The normalized spacial score (nSPS) is 12.0. The Labute approximate surface area is 147 Å². The van der Waals surface area contributed by atoms with Crippen LogP contribution < -0.4 is 5.32 Å². The van der Waals surface area contributed by atoms with E-state index in [9.17, 15) is 4.79 Å². The van der Waals surface area contributed by atoms with Crippen molar-refractivity contribution in [2.75, 3.05) is 0 Å². The van der Waals surface area contributed by atoms with Gasteiger partial charge in [0.1, 0.15) is 0 Å². The lowest BCUT2D eigenvalue weighted by Gasteiger charge is -2.16. The van der Waals surface area contributed by atoms with Gasteiger partial charge in [0.15, 0.2) is 0 Å². The first kappa shape index (κ1) is 17.8. The summed E-state index contributed by atoms with van der Waals surface area (Å²) >= 11 is 12.3. The molecule has 0 spiro atoms. The Kier molecular flexibility index (Phi) is 6.09. The van der Waals surface area contributed by atoms with Gasteiger partial charge in [-0.05, 0) is 61.6 Å². The molecule has 0 aliphatic carbocycles. The minimum Gasteiger partial charge on any atom is -0.350 e. The van der Waals surface area contributed by atoms with Gasteiger partial charge in [-0.1, -0.05) is 47.5 Å². The molecule has 0 heterocycles. The number of nitrogens with one attached hydrogen (secondary N) is 1. The molecular formula is C19H21Cl2NO. The van der Waals surface area contributed by atoms with Gasteiger partial charge in [0, 0.05) is 16.5 Å². The zero-order valence-electron chi connectivity index (χ0n) is 13.6. The van der Waals surface area contributed by atoms with E-state index in [-0.39, 0.29) is 11.9 Å². The number of carbonyl (C=O) groups is 1. The first-order chi connectivity index (χ1) is 10.9. The lowest BCUT2D eigenvalue weighted by molar-refractivity contribution is -0.121. The molecule has 0 radical (unpaired) electrons. The van der Waals surface area contributed by atoms with Crippen molar-refractivity contribution in [2.45, 2.75) is 39.7 Å². The zero-order chi connectivity index (χ0) is 17.0. The fourth-order valence-electron chi connectivity index (χ4n) is 2.44. The number of benzene rings is 2. The molecule has 0 aliphatic rings. The molecule has 4 heteroatoms. The molecule has 23 heavy (non-hydrogen) atoms. The summed E-state index contributed by atoms with van der Waals surface area (Å²) in [6.07, 6.45) is 0.891. The molecule has 0 bridgehead atoms. The summed E-state index contributed by atoms with van der Waals surface area (Å²) in [7, 11) is 0. The molecule has 2 nitrogen and oxygen atoms in total. The first-order valence-electron chi connectivity index (χ1n) is 7.68. The van der Waals surface area contributed by atoms with Crippen molar-refractivity contribution >= 4 is 29.1 Å². The van der Waals surface area contributed by atoms with Crippen LogP contribution in [0.15, 0.2) is 36.4 Å². The van der Waals surface area contributed by atoms with E-state index < -0.39 is 0 Å². The molecule has 0 unspecified atom stereocenters. The van der Waals surface area contributed by atoms with Gasteiger partial charge in [0.2, 0.25) is 5.91 Å². The van der Waals surface area contributed by atoms with Crippen LogP contribution in [0.2, 0.25) is 10.0 Å². The fraction of sp³-hybridized carbons (Fsp3) is 0.316. The van der Waals surface area contributed by atoms with E-state index in [1.807, 2.05) is 6.92 Å². The van der Waals surface area contributed by atoms with E-state index in [2.05, 4.69) is 37.4 Å². The quantitative estimate of drug-likeness (QED) is 0.766. The van der Waals surface area contributed by atoms with Crippen LogP contribution in [-0.2, 0) is 11.2 Å². The van der Waals surface area contributed by atoms with Gasteiger partial charge in [-0.15, -0.1) is 0 Å². The van der Waals surface area contributed by atoms with Crippen LogP contribution in [0.3, 0.4) is 0 Å². The van der Waals surface area contributed by atoms with E-state index in [0.717, 1.165) is 11.1 Å². The van der Waals surface area contributed by atoms with E-state index >= 15 is 0 Å². The third kappa shape index (κ3) is 4.73. The maximum Gasteiger partial charge on any atom is 0.220 e. The number of amides is 1. The van der Waals surface area contributed by atoms with Crippen molar-refractivity contribution in [3.8, 4) is 0 Å². The highest BCUT2D eigenvalue weighted by atomic mass is 35.5. The van der Waals surface area contributed by atoms with Crippen LogP contribution in [0.1, 0.15) is 41.6 Å². The second-order valence-corrected chi connectivity index (χ2v) is 6.65. The van der Waals surface area contributed by atoms with Gasteiger partial charge < -0.3 is 5.32 Å². The molecule has 0 aromatic heterocycles. The van der Waals surface area contributed by atoms with Crippen molar-refractivity contribution in [3.05, 3.63) is 68.7 Å². The number of halogens is 2. The SMILES string of the molecule is Cc1ccc([C@H](C)NC(=O)CCc2c(Cl)cccc2Cl)cc1C. The predicted molar refractivity (Wildman–Crippen MR) is 97.3 cm³/mol. The van der Waals surface area contributed by atoms with Gasteiger partial charge in [0.05, 0.1) is 6.04 Å². The van der Waals surface area contributed by atoms with Crippen LogP contribution >= 0.6 is 23.2 Å². The summed E-state index contributed by atoms with van der Waals surface area (Å²) in [6, 6.07) is 11.6. The van der Waals surface area contributed by atoms with Crippen LogP contribution in [-0.4, -0.2) is 5.91 Å². The minimum atomic E-state index is -0.0245. The molecule has 1 N–H and O–H groups in total. The van der Waals surface area contributed by atoms with Crippen LogP contribution in [0.4, 0.5) is 0 Å². The maximum absolute atomic E-state index is 12.2. The molecule has 0 aliphatic heterocycles. The Balaban J connectivity index is 1.95. The molecule has 122 valence electrons. The molecule has 2 aromatic rings. The standard InChI is InChI=1S/C19H21Cl2NO/c1-12-7-8-15(11-13(12)2)14(3)22-19(23)10-9-16-17(20)5-4-6-18(16)21/h4-8,11,14H,9-10H2,1-3H3,(H,22,23)/t14-/m0/s1. The Morgan fingerprint density at radius 2 is 1.74 bits per heavy atom. The van der Waals surface area contributed by atoms with E-state index in [1.54, 1.807) is 18.2 Å². The zero-order valence-corrected chi connectivity index (χ0v) is 15.1. The van der Waals surface area contributed by atoms with E-state index in [4.69, 9.17) is 23.2 Å². The highest BCUT2D eigenvalue weighted by Crippen LogP contribution is 2.25. The smallest absolute Gasteiger partial charge is 0.220 e. The highest BCUT2D eigenvalue weighted by molar-refractivity contribution is 6.36. The van der Waals surface area contributed by atoms with Crippen molar-refractivity contribution < 1.29 is 4.79 Å². The lowest BCUT2D eigenvalue weighted by Crippen LogP contribution is -2.27. The van der Waals surface area contributed by atoms with Gasteiger partial charge in [0.25, 0.3) is 0 Å².